The van der Waals surface area contributed by atoms with Crippen LogP contribution in [0.4, 0.5) is 17.1 Å². The monoisotopic (exact) mass is 419 g/mol. The fourth-order valence-corrected chi connectivity index (χ4v) is 3.27. The van der Waals surface area contributed by atoms with Crippen molar-refractivity contribution in [3.05, 3.63) is 12.1 Å². The van der Waals surface area contributed by atoms with Crippen LogP contribution in [0.15, 0.2) is 12.1 Å². The van der Waals surface area contributed by atoms with Crippen molar-refractivity contribution in [3.8, 4) is 5.75 Å². The Morgan fingerprint density at radius 2 is 1.53 bits per heavy atom. The molecule has 0 atom stereocenters. The molecule has 166 valence electrons. The summed E-state index contributed by atoms with van der Waals surface area (Å²) in [6.07, 6.45) is 1.30. The van der Waals surface area contributed by atoms with Crippen LogP contribution in [0.25, 0.3) is 0 Å². The summed E-state index contributed by atoms with van der Waals surface area (Å²) < 4.78 is 10.3. The Balaban J connectivity index is 2.44. The maximum atomic E-state index is 12.5. The van der Waals surface area contributed by atoms with E-state index >= 15 is 0 Å². The van der Waals surface area contributed by atoms with Crippen LogP contribution >= 0.6 is 0 Å². The first-order valence-corrected chi connectivity index (χ1v) is 10.3. The highest BCUT2D eigenvalue weighted by atomic mass is 16.5. The number of benzene rings is 1. The molecule has 0 radical (unpaired) electrons. The van der Waals surface area contributed by atoms with Gasteiger partial charge in [-0.25, -0.2) is 0 Å². The number of nitrogens with one attached hydrogen (secondary N) is 2. The Hall–Kier alpha value is -2.77. The zero-order valence-corrected chi connectivity index (χ0v) is 18.7. The Bertz CT molecular complexity index is 783. The van der Waals surface area contributed by atoms with Crippen LogP contribution in [0.1, 0.15) is 40.5 Å². The molecule has 0 aliphatic carbocycles. The molecule has 1 saturated heterocycles. The van der Waals surface area contributed by atoms with Gasteiger partial charge < -0.3 is 25.0 Å². The summed E-state index contributed by atoms with van der Waals surface area (Å²) >= 11 is 0. The van der Waals surface area contributed by atoms with Gasteiger partial charge in [0.15, 0.2) is 0 Å². The zero-order chi connectivity index (χ0) is 22.4. The van der Waals surface area contributed by atoms with Crippen LogP contribution in [0, 0.1) is 17.8 Å². The summed E-state index contributed by atoms with van der Waals surface area (Å²) in [6.45, 7) is 8.48. The molecule has 0 aromatic heterocycles. The third kappa shape index (κ3) is 5.64. The van der Waals surface area contributed by atoms with Crippen molar-refractivity contribution in [2.24, 2.45) is 17.8 Å². The smallest absolute Gasteiger partial charge is 0.308 e. The maximum absolute atomic E-state index is 12.5. The van der Waals surface area contributed by atoms with Gasteiger partial charge in [0, 0.05) is 37.1 Å². The molecule has 2 amide bonds. The second kappa shape index (κ2) is 10.3. The molecular weight excluding hydrogens is 386 g/mol. The molecular formula is C22H33N3O5. The number of amides is 2. The van der Waals surface area contributed by atoms with E-state index in [0.717, 1.165) is 5.69 Å². The average molecular weight is 420 g/mol. The molecule has 0 unspecified atom stereocenters. The SMILES string of the molecule is COC(=O)C1CCN(c2cc(OC)cc(NC(=O)C(C)C)c2NC(=O)C(C)C)CC1. The molecule has 1 heterocycles. The van der Waals surface area contributed by atoms with Crippen molar-refractivity contribution in [3.63, 3.8) is 0 Å². The van der Waals surface area contributed by atoms with Crippen LogP contribution < -0.4 is 20.3 Å². The minimum absolute atomic E-state index is 0.134. The summed E-state index contributed by atoms with van der Waals surface area (Å²) in [5.74, 6) is -0.502. The van der Waals surface area contributed by atoms with Crippen molar-refractivity contribution >= 4 is 34.8 Å². The van der Waals surface area contributed by atoms with E-state index in [1.165, 1.54) is 7.11 Å². The van der Waals surface area contributed by atoms with Gasteiger partial charge in [-0.05, 0) is 12.8 Å². The number of carbonyl (C=O) groups excluding carboxylic acids is 3. The van der Waals surface area contributed by atoms with E-state index in [1.807, 2.05) is 19.9 Å². The molecule has 1 fully saturated rings. The summed E-state index contributed by atoms with van der Waals surface area (Å²) in [4.78, 5) is 38.9. The van der Waals surface area contributed by atoms with Gasteiger partial charge in [-0.1, -0.05) is 27.7 Å². The first-order valence-electron chi connectivity index (χ1n) is 10.3. The Labute approximate surface area is 178 Å². The van der Waals surface area contributed by atoms with Crippen LogP contribution in [-0.2, 0) is 19.1 Å². The number of carbonyl (C=O) groups is 3. The molecule has 1 aliphatic rings. The van der Waals surface area contributed by atoms with Crippen molar-refractivity contribution in [1.29, 1.82) is 0 Å². The summed E-state index contributed by atoms with van der Waals surface area (Å²) in [5, 5.41) is 5.88. The topological polar surface area (TPSA) is 97.0 Å². The van der Waals surface area contributed by atoms with Gasteiger partial charge in [0.1, 0.15) is 5.75 Å². The number of methoxy groups -OCH3 is 2. The molecule has 0 saturated carbocycles. The second-order valence-electron chi connectivity index (χ2n) is 8.14. The number of esters is 1. The summed E-state index contributed by atoms with van der Waals surface area (Å²) in [6, 6.07) is 3.56. The first-order chi connectivity index (χ1) is 14.2. The van der Waals surface area contributed by atoms with Crippen molar-refractivity contribution in [2.45, 2.75) is 40.5 Å². The van der Waals surface area contributed by atoms with Gasteiger partial charge in [-0.3, -0.25) is 14.4 Å². The van der Waals surface area contributed by atoms with Gasteiger partial charge >= 0.3 is 5.97 Å². The molecule has 0 spiro atoms. The number of hydrogen-bond donors (Lipinski definition) is 2. The highest BCUT2D eigenvalue weighted by Crippen LogP contribution is 2.40. The molecule has 8 heteroatoms. The second-order valence-corrected chi connectivity index (χ2v) is 8.14. The molecule has 1 aromatic carbocycles. The standard InChI is InChI=1S/C22H33N3O5/c1-13(2)20(26)23-17-11-16(29-5)12-18(19(17)24-21(27)14(3)4)25-9-7-15(8-10-25)22(28)30-6/h11-15H,7-10H2,1-6H3,(H,23,26)(H,24,27). The van der Waals surface area contributed by atoms with Crippen molar-refractivity contribution < 1.29 is 23.9 Å². The first kappa shape index (κ1) is 23.5. The number of piperidine rings is 1. The van der Waals surface area contributed by atoms with Gasteiger partial charge in [0.25, 0.3) is 0 Å². The minimum Gasteiger partial charge on any atom is -0.497 e. The zero-order valence-electron chi connectivity index (χ0n) is 18.7. The van der Waals surface area contributed by atoms with E-state index in [-0.39, 0.29) is 35.5 Å². The summed E-state index contributed by atoms with van der Waals surface area (Å²) in [5.41, 5.74) is 1.79. The van der Waals surface area contributed by atoms with Gasteiger partial charge in [-0.15, -0.1) is 0 Å². The fourth-order valence-electron chi connectivity index (χ4n) is 3.27. The van der Waals surface area contributed by atoms with Gasteiger partial charge in [0.2, 0.25) is 11.8 Å². The minimum atomic E-state index is -0.223. The van der Waals surface area contributed by atoms with Crippen LogP contribution in [-0.4, -0.2) is 45.1 Å². The van der Waals surface area contributed by atoms with Crippen molar-refractivity contribution in [1.82, 2.24) is 0 Å². The Morgan fingerprint density at radius 1 is 0.967 bits per heavy atom. The molecule has 2 rings (SSSR count). The molecule has 1 aliphatic heterocycles. The van der Waals surface area contributed by atoms with Crippen LogP contribution in [0.5, 0.6) is 5.75 Å². The largest absolute Gasteiger partial charge is 0.497 e. The van der Waals surface area contributed by atoms with Crippen LogP contribution in [0.2, 0.25) is 0 Å². The molecule has 30 heavy (non-hydrogen) atoms. The highest BCUT2D eigenvalue weighted by molar-refractivity contribution is 6.04. The van der Waals surface area contributed by atoms with E-state index in [1.54, 1.807) is 27.0 Å². The predicted molar refractivity (Wildman–Crippen MR) is 117 cm³/mol. The molecule has 8 nitrogen and oxygen atoms in total. The maximum Gasteiger partial charge on any atom is 0.308 e. The lowest BCUT2D eigenvalue weighted by Gasteiger charge is -2.34. The third-order valence-electron chi connectivity index (χ3n) is 5.25. The lowest BCUT2D eigenvalue weighted by atomic mass is 9.96. The van der Waals surface area contributed by atoms with Crippen molar-refractivity contribution in [2.75, 3.05) is 42.8 Å². The predicted octanol–water partition coefficient (Wildman–Crippen LogP) is 3.27. The normalized spacial score (nSPS) is 14.6. The molecule has 1 aromatic rings. The number of ether oxygens (including phenoxy) is 2. The Kier molecular flexibility index (Phi) is 8.08. The van der Waals surface area contributed by atoms with E-state index < -0.39 is 0 Å². The van der Waals surface area contributed by atoms with E-state index in [0.29, 0.717) is 43.1 Å². The number of rotatable bonds is 7. The quantitative estimate of drug-likeness (QED) is 0.659. The lowest BCUT2D eigenvalue weighted by Crippen LogP contribution is -2.37. The average Bonchev–Trinajstić information content (AvgIpc) is 2.73. The van der Waals surface area contributed by atoms with E-state index in [4.69, 9.17) is 9.47 Å². The number of anilines is 3. The molecule has 2 N–H and O–H groups in total. The molecule has 0 bridgehead atoms. The van der Waals surface area contributed by atoms with E-state index in [2.05, 4.69) is 15.5 Å². The third-order valence-corrected chi connectivity index (χ3v) is 5.25. The highest BCUT2D eigenvalue weighted by Gasteiger charge is 2.28. The number of nitrogens with zero attached hydrogens (tertiary/aromatic N) is 1. The van der Waals surface area contributed by atoms with Gasteiger partial charge in [-0.2, -0.15) is 0 Å². The Morgan fingerprint density at radius 3 is 2.03 bits per heavy atom. The lowest BCUT2D eigenvalue weighted by molar-refractivity contribution is -0.146. The fraction of sp³-hybridized carbons (Fsp3) is 0.591. The number of hydrogen-bond acceptors (Lipinski definition) is 6. The van der Waals surface area contributed by atoms with Gasteiger partial charge in [0.05, 0.1) is 37.2 Å². The summed E-state index contributed by atoms with van der Waals surface area (Å²) in [7, 11) is 2.96. The van der Waals surface area contributed by atoms with E-state index in [9.17, 15) is 14.4 Å². The van der Waals surface area contributed by atoms with Crippen LogP contribution in [0.3, 0.4) is 0 Å².